The fraction of sp³-hybridized carbons (Fsp3) is 0.150. The lowest BCUT2D eigenvalue weighted by molar-refractivity contribution is 0.355. The highest BCUT2D eigenvalue weighted by Gasteiger charge is 2.12. The summed E-state index contributed by atoms with van der Waals surface area (Å²) in [5.74, 6) is 2.07. The molecule has 2 aromatic heterocycles. The van der Waals surface area contributed by atoms with Crippen molar-refractivity contribution < 1.29 is 9.47 Å². The minimum atomic E-state index is -0.215. The van der Waals surface area contributed by atoms with Gasteiger partial charge in [-0.25, -0.2) is 9.97 Å². The molecule has 28 heavy (non-hydrogen) atoms. The van der Waals surface area contributed by atoms with Crippen LogP contribution in [0.1, 0.15) is 5.82 Å². The predicted octanol–water partition coefficient (Wildman–Crippen LogP) is 3.42. The van der Waals surface area contributed by atoms with Gasteiger partial charge in [-0.1, -0.05) is 30.0 Å². The molecule has 142 valence electrons. The zero-order valence-electron chi connectivity index (χ0n) is 15.4. The van der Waals surface area contributed by atoms with Crippen LogP contribution < -0.4 is 15.0 Å². The SMILES string of the molecule is COc1cc2nc(CSc3nccn3-c3ccccc3)[nH]c(=O)c2cc1OC. The van der Waals surface area contributed by atoms with Crippen LogP contribution in [-0.4, -0.2) is 33.7 Å². The van der Waals surface area contributed by atoms with Crippen molar-refractivity contribution >= 4 is 22.7 Å². The van der Waals surface area contributed by atoms with E-state index < -0.39 is 0 Å². The Kier molecular flexibility index (Phi) is 5.03. The number of H-pyrrole nitrogens is 1. The van der Waals surface area contributed by atoms with Crippen LogP contribution in [-0.2, 0) is 5.75 Å². The molecule has 0 amide bonds. The van der Waals surface area contributed by atoms with Gasteiger partial charge in [0, 0.05) is 24.1 Å². The first kappa shape index (κ1) is 18.1. The van der Waals surface area contributed by atoms with Crippen LogP contribution in [0.15, 0.2) is 64.8 Å². The van der Waals surface area contributed by atoms with Crippen molar-refractivity contribution in [3.63, 3.8) is 0 Å². The van der Waals surface area contributed by atoms with E-state index in [4.69, 9.17) is 9.47 Å². The average molecular weight is 394 g/mol. The number of ether oxygens (including phenoxy) is 2. The molecule has 0 fully saturated rings. The summed E-state index contributed by atoms with van der Waals surface area (Å²) in [5, 5.41) is 1.28. The van der Waals surface area contributed by atoms with E-state index in [0.29, 0.717) is 34.0 Å². The van der Waals surface area contributed by atoms with Gasteiger partial charge in [0.05, 0.1) is 30.9 Å². The monoisotopic (exact) mass is 394 g/mol. The molecule has 0 radical (unpaired) electrons. The highest BCUT2D eigenvalue weighted by atomic mass is 32.2. The van der Waals surface area contributed by atoms with Gasteiger partial charge >= 0.3 is 0 Å². The van der Waals surface area contributed by atoms with Gasteiger partial charge in [0.1, 0.15) is 5.82 Å². The van der Waals surface area contributed by atoms with Crippen molar-refractivity contribution in [2.45, 2.75) is 10.9 Å². The van der Waals surface area contributed by atoms with Gasteiger partial charge in [-0.3, -0.25) is 9.36 Å². The molecule has 0 atom stereocenters. The summed E-state index contributed by atoms with van der Waals surface area (Å²) in [6.07, 6.45) is 3.66. The van der Waals surface area contributed by atoms with E-state index in [9.17, 15) is 4.79 Å². The van der Waals surface area contributed by atoms with Gasteiger partial charge in [0.2, 0.25) is 0 Å². The third-order valence-corrected chi connectivity index (χ3v) is 5.22. The third kappa shape index (κ3) is 3.46. The average Bonchev–Trinajstić information content (AvgIpc) is 3.20. The molecule has 0 bridgehead atoms. The van der Waals surface area contributed by atoms with E-state index in [1.807, 2.05) is 41.1 Å². The minimum absolute atomic E-state index is 0.215. The van der Waals surface area contributed by atoms with Gasteiger partial charge in [-0.15, -0.1) is 0 Å². The number of methoxy groups -OCH3 is 2. The van der Waals surface area contributed by atoms with Crippen LogP contribution in [0.4, 0.5) is 0 Å². The number of rotatable bonds is 6. The molecule has 0 saturated heterocycles. The van der Waals surface area contributed by atoms with E-state index in [-0.39, 0.29) is 5.56 Å². The second kappa shape index (κ2) is 7.77. The number of para-hydroxylation sites is 1. The Bertz CT molecular complexity index is 1170. The van der Waals surface area contributed by atoms with Crippen LogP contribution in [0.3, 0.4) is 0 Å². The zero-order chi connectivity index (χ0) is 19.5. The van der Waals surface area contributed by atoms with Crippen LogP contribution in [0.2, 0.25) is 0 Å². The number of imidazole rings is 1. The first-order valence-electron chi connectivity index (χ1n) is 8.56. The van der Waals surface area contributed by atoms with Gasteiger partial charge in [0.15, 0.2) is 16.7 Å². The zero-order valence-corrected chi connectivity index (χ0v) is 16.2. The highest BCUT2D eigenvalue weighted by molar-refractivity contribution is 7.98. The molecule has 2 aromatic carbocycles. The largest absolute Gasteiger partial charge is 0.493 e. The molecule has 0 saturated carbocycles. The minimum Gasteiger partial charge on any atom is -0.493 e. The number of benzene rings is 2. The van der Waals surface area contributed by atoms with Crippen molar-refractivity contribution in [3.05, 3.63) is 71.0 Å². The number of aromatic nitrogens is 4. The van der Waals surface area contributed by atoms with Crippen molar-refractivity contribution in [2.75, 3.05) is 14.2 Å². The van der Waals surface area contributed by atoms with E-state index in [2.05, 4.69) is 15.0 Å². The molecule has 1 N–H and O–H groups in total. The molecule has 8 heteroatoms. The van der Waals surface area contributed by atoms with Gasteiger partial charge in [-0.05, 0) is 18.2 Å². The molecule has 2 heterocycles. The summed E-state index contributed by atoms with van der Waals surface area (Å²) in [7, 11) is 3.09. The van der Waals surface area contributed by atoms with Crippen molar-refractivity contribution in [2.24, 2.45) is 0 Å². The Morgan fingerprint density at radius 1 is 1.11 bits per heavy atom. The Labute approximate surface area is 165 Å². The Morgan fingerprint density at radius 2 is 1.86 bits per heavy atom. The molecule has 0 unspecified atom stereocenters. The summed E-state index contributed by atoms with van der Waals surface area (Å²) in [5.41, 5.74) is 1.37. The Balaban J connectivity index is 1.63. The maximum atomic E-state index is 12.5. The lowest BCUT2D eigenvalue weighted by Gasteiger charge is -2.10. The van der Waals surface area contributed by atoms with Crippen molar-refractivity contribution in [1.29, 1.82) is 0 Å². The number of nitrogens with zero attached hydrogens (tertiary/aromatic N) is 3. The predicted molar refractivity (Wildman–Crippen MR) is 109 cm³/mol. The van der Waals surface area contributed by atoms with Crippen LogP contribution in [0, 0.1) is 0 Å². The first-order chi connectivity index (χ1) is 13.7. The second-order valence-electron chi connectivity index (χ2n) is 5.94. The summed E-state index contributed by atoms with van der Waals surface area (Å²) in [6.45, 7) is 0. The van der Waals surface area contributed by atoms with Crippen LogP contribution in [0.25, 0.3) is 16.6 Å². The number of hydrogen-bond acceptors (Lipinski definition) is 6. The molecular formula is C20H18N4O3S. The Hall–Kier alpha value is -3.26. The second-order valence-corrected chi connectivity index (χ2v) is 6.88. The fourth-order valence-corrected chi connectivity index (χ4v) is 3.74. The normalized spacial score (nSPS) is 10.9. The number of hydrogen-bond donors (Lipinski definition) is 1. The van der Waals surface area contributed by atoms with E-state index in [1.54, 1.807) is 25.4 Å². The molecule has 4 aromatic rings. The number of nitrogens with one attached hydrogen (secondary N) is 1. The Morgan fingerprint density at radius 3 is 2.61 bits per heavy atom. The standard InChI is InChI=1S/C20H18N4O3S/c1-26-16-10-14-15(11-17(16)27-2)22-18(23-19(14)25)12-28-20-21-8-9-24(20)13-6-4-3-5-7-13/h3-11H,12H2,1-2H3,(H,22,23,25). The summed E-state index contributed by atoms with van der Waals surface area (Å²) < 4.78 is 12.6. The molecule has 0 aliphatic carbocycles. The van der Waals surface area contributed by atoms with Crippen molar-refractivity contribution in [3.8, 4) is 17.2 Å². The fourth-order valence-electron chi connectivity index (χ4n) is 2.90. The smallest absolute Gasteiger partial charge is 0.258 e. The molecule has 0 aliphatic heterocycles. The molecule has 0 aliphatic rings. The quantitative estimate of drug-likeness (QED) is 0.505. The molecular weight excluding hydrogens is 376 g/mol. The van der Waals surface area contributed by atoms with Gasteiger partial charge in [0.25, 0.3) is 5.56 Å². The van der Waals surface area contributed by atoms with E-state index >= 15 is 0 Å². The number of fused-ring (bicyclic) bond motifs is 1. The number of thioether (sulfide) groups is 1. The van der Waals surface area contributed by atoms with E-state index in [1.165, 1.54) is 18.9 Å². The van der Waals surface area contributed by atoms with Gasteiger partial charge in [-0.2, -0.15) is 0 Å². The van der Waals surface area contributed by atoms with Crippen molar-refractivity contribution in [1.82, 2.24) is 19.5 Å². The summed E-state index contributed by atoms with van der Waals surface area (Å²) in [6, 6.07) is 13.3. The first-order valence-corrected chi connectivity index (χ1v) is 9.54. The topological polar surface area (TPSA) is 82.0 Å². The summed E-state index contributed by atoms with van der Waals surface area (Å²) >= 11 is 1.50. The highest BCUT2D eigenvalue weighted by Crippen LogP contribution is 2.30. The lowest BCUT2D eigenvalue weighted by atomic mass is 10.2. The van der Waals surface area contributed by atoms with Gasteiger partial charge < -0.3 is 14.5 Å². The van der Waals surface area contributed by atoms with Crippen LogP contribution in [0.5, 0.6) is 11.5 Å². The number of aromatic amines is 1. The third-order valence-electron chi connectivity index (χ3n) is 4.24. The van der Waals surface area contributed by atoms with E-state index in [0.717, 1.165) is 10.8 Å². The summed E-state index contributed by atoms with van der Waals surface area (Å²) in [4.78, 5) is 24.3. The maximum absolute atomic E-state index is 12.5. The molecule has 4 rings (SSSR count). The maximum Gasteiger partial charge on any atom is 0.258 e. The van der Waals surface area contributed by atoms with Crippen LogP contribution >= 0.6 is 11.8 Å². The molecule has 0 spiro atoms. The lowest BCUT2D eigenvalue weighted by Crippen LogP contribution is -2.12. The molecule has 7 nitrogen and oxygen atoms in total.